The number of anilines is 1. The highest BCUT2D eigenvalue weighted by atomic mass is 16.5. The van der Waals surface area contributed by atoms with Crippen LogP contribution in [0.25, 0.3) is 0 Å². The molecule has 1 aromatic rings. The Morgan fingerprint density at radius 2 is 1.95 bits per heavy atom. The molecule has 2 atom stereocenters. The molecule has 0 aliphatic carbocycles. The van der Waals surface area contributed by atoms with Gasteiger partial charge in [0.25, 0.3) is 0 Å². The van der Waals surface area contributed by atoms with Crippen LogP contribution >= 0.6 is 0 Å². The fourth-order valence-corrected chi connectivity index (χ4v) is 2.09. The minimum Gasteiger partial charge on any atom is -0.497 e. The van der Waals surface area contributed by atoms with Crippen molar-refractivity contribution in [2.75, 3.05) is 19.0 Å². The van der Waals surface area contributed by atoms with Crippen molar-refractivity contribution in [3.8, 4) is 5.75 Å². The van der Waals surface area contributed by atoms with E-state index < -0.39 is 17.9 Å². The van der Waals surface area contributed by atoms with E-state index >= 15 is 0 Å². The molecule has 5 heteroatoms. The number of hydrogen-bond acceptors (Lipinski definition) is 5. The topological polar surface area (TPSA) is 64.6 Å². The van der Waals surface area contributed by atoms with E-state index in [0.717, 1.165) is 24.1 Å². The summed E-state index contributed by atoms with van der Waals surface area (Å²) in [5.74, 6) is -0.0799. The Morgan fingerprint density at radius 3 is 2.43 bits per heavy atom. The Labute approximate surface area is 125 Å². The maximum atomic E-state index is 12.1. The number of carbonyl (C=O) groups excluding carboxylic acids is 2. The molecule has 0 aliphatic rings. The zero-order valence-electron chi connectivity index (χ0n) is 12.8. The second kappa shape index (κ2) is 9.00. The van der Waals surface area contributed by atoms with Gasteiger partial charge in [0, 0.05) is 11.6 Å². The summed E-state index contributed by atoms with van der Waals surface area (Å²) in [7, 11) is 1.59. The predicted octanol–water partition coefficient (Wildman–Crippen LogP) is 2.65. The first kappa shape index (κ1) is 17.0. The number of nitrogens with one attached hydrogen (secondary N) is 1. The van der Waals surface area contributed by atoms with E-state index in [9.17, 15) is 9.59 Å². The highest BCUT2D eigenvalue weighted by molar-refractivity contribution is 5.83. The van der Waals surface area contributed by atoms with E-state index in [2.05, 4.69) is 5.32 Å². The third-order valence-corrected chi connectivity index (χ3v) is 3.18. The van der Waals surface area contributed by atoms with Gasteiger partial charge in [0.05, 0.1) is 13.7 Å². The molecule has 5 nitrogen and oxygen atoms in total. The summed E-state index contributed by atoms with van der Waals surface area (Å²) in [6, 6.07) is 6.52. The van der Waals surface area contributed by atoms with Crippen LogP contribution in [0.3, 0.4) is 0 Å². The standard InChI is InChI=1S/C16H23NO4/c1-4-6-12(11-18)15(16(19)21-5-2)17-13-7-9-14(20-3)10-8-13/h7-12,15,17H,4-6H2,1-3H3/t12-,15+/m1/s1. The Balaban J connectivity index is 2.88. The van der Waals surface area contributed by atoms with Crippen LogP contribution in [0.15, 0.2) is 24.3 Å². The molecule has 0 bridgehead atoms. The van der Waals surface area contributed by atoms with Crippen LogP contribution < -0.4 is 10.1 Å². The van der Waals surface area contributed by atoms with Crippen LogP contribution in [0.2, 0.25) is 0 Å². The molecule has 0 heterocycles. The van der Waals surface area contributed by atoms with E-state index in [4.69, 9.17) is 9.47 Å². The SMILES string of the molecule is CCC[C@H](C=O)[C@H](Nc1ccc(OC)cc1)C(=O)OCC. The average molecular weight is 293 g/mol. The molecule has 0 saturated carbocycles. The molecule has 0 radical (unpaired) electrons. The molecule has 0 spiro atoms. The van der Waals surface area contributed by atoms with Gasteiger partial charge in [-0.25, -0.2) is 4.79 Å². The third-order valence-electron chi connectivity index (χ3n) is 3.18. The lowest BCUT2D eigenvalue weighted by Crippen LogP contribution is -2.39. The number of methoxy groups -OCH3 is 1. The van der Waals surface area contributed by atoms with Crippen molar-refractivity contribution in [1.82, 2.24) is 0 Å². The Kier molecular flexibility index (Phi) is 7.29. The molecule has 21 heavy (non-hydrogen) atoms. The predicted molar refractivity (Wildman–Crippen MR) is 81.5 cm³/mol. The number of rotatable bonds is 9. The van der Waals surface area contributed by atoms with Gasteiger partial charge in [0.15, 0.2) is 0 Å². The average Bonchev–Trinajstić information content (AvgIpc) is 2.51. The molecule has 1 N–H and O–H groups in total. The maximum Gasteiger partial charge on any atom is 0.329 e. The summed E-state index contributed by atoms with van der Waals surface area (Å²) in [5, 5.41) is 3.09. The van der Waals surface area contributed by atoms with Gasteiger partial charge < -0.3 is 19.6 Å². The first-order valence-electron chi connectivity index (χ1n) is 7.18. The number of ether oxygens (including phenoxy) is 2. The van der Waals surface area contributed by atoms with E-state index in [1.165, 1.54) is 0 Å². The van der Waals surface area contributed by atoms with Gasteiger partial charge in [-0.05, 0) is 37.6 Å². The van der Waals surface area contributed by atoms with Gasteiger partial charge in [-0.2, -0.15) is 0 Å². The van der Waals surface area contributed by atoms with Crippen LogP contribution in [0.4, 0.5) is 5.69 Å². The maximum absolute atomic E-state index is 12.1. The summed E-state index contributed by atoms with van der Waals surface area (Å²) in [4.78, 5) is 23.3. The van der Waals surface area contributed by atoms with E-state index in [0.29, 0.717) is 6.42 Å². The monoisotopic (exact) mass is 293 g/mol. The highest BCUT2D eigenvalue weighted by Crippen LogP contribution is 2.20. The minimum absolute atomic E-state index is 0.289. The Morgan fingerprint density at radius 1 is 1.29 bits per heavy atom. The van der Waals surface area contributed by atoms with Crippen molar-refractivity contribution in [1.29, 1.82) is 0 Å². The highest BCUT2D eigenvalue weighted by Gasteiger charge is 2.28. The van der Waals surface area contributed by atoms with Crippen LogP contribution in [0.1, 0.15) is 26.7 Å². The molecule has 0 amide bonds. The number of aldehydes is 1. The van der Waals surface area contributed by atoms with Crippen molar-refractivity contribution >= 4 is 17.9 Å². The zero-order chi connectivity index (χ0) is 15.7. The first-order valence-corrected chi connectivity index (χ1v) is 7.18. The third kappa shape index (κ3) is 5.10. The van der Waals surface area contributed by atoms with E-state index in [1.54, 1.807) is 38.3 Å². The van der Waals surface area contributed by atoms with Crippen molar-refractivity contribution in [3.63, 3.8) is 0 Å². The summed E-state index contributed by atoms with van der Waals surface area (Å²) in [6.07, 6.45) is 2.28. The normalized spacial score (nSPS) is 13.1. The lowest BCUT2D eigenvalue weighted by Gasteiger charge is -2.23. The summed E-state index contributed by atoms with van der Waals surface area (Å²) < 4.78 is 10.2. The number of benzene rings is 1. The van der Waals surface area contributed by atoms with Crippen molar-refractivity contribution < 1.29 is 19.1 Å². The lowest BCUT2D eigenvalue weighted by atomic mass is 9.96. The number of carbonyl (C=O) groups is 2. The van der Waals surface area contributed by atoms with Crippen LogP contribution in [0.5, 0.6) is 5.75 Å². The van der Waals surface area contributed by atoms with E-state index in [1.807, 2.05) is 6.92 Å². The molecule has 1 aromatic carbocycles. The smallest absolute Gasteiger partial charge is 0.329 e. The molecule has 0 fully saturated rings. The molecular weight excluding hydrogens is 270 g/mol. The second-order valence-electron chi connectivity index (χ2n) is 4.69. The quantitative estimate of drug-likeness (QED) is 0.560. The molecular formula is C16H23NO4. The van der Waals surface area contributed by atoms with Gasteiger partial charge >= 0.3 is 5.97 Å². The largest absolute Gasteiger partial charge is 0.497 e. The van der Waals surface area contributed by atoms with Gasteiger partial charge in [-0.1, -0.05) is 13.3 Å². The lowest BCUT2D eigenvalue weighted by molar-refractivity contribution is -0.146. The molecule has 116 valence electrons. The Hall–Kier alpha value is -2.04. The fraction of sp³-hybridized carbons (Fsp3) is 0.500. The van der Waals surface area contributed by atoms with Crippen LogP contribution in [-0.4, -0.2) is 32.0 Å². The van der Waals surface area contributed by atoms with Gasteiger partial charge in [-0.3, -0.25) is 0 Å². The molecule has 0 aromatic heterocycles. The number of esters is 1. The van der Waals surface area contributed by atoms with Crippen molar-refractivity contribution in [2.45, 2.75) is 32.7 Å². The summed E-state index contributed by atoms with van der Waals surface area (Å²) >= 11 is 0. The van der Waals surface area contributed by atoms with Gasteiger partial charge in [-0.15, -0.1) is 0 Å². The van der Waals surface area contributed by atoms with E-state index in [-0.39, 0.29) is 6.61 Å². The zero-order valence-corrected chi connectivity index (χ0v) is 12.8. The second-order valence-corrected chi connectivity index (χ2v) is 4.69. The minimum atomic E-state index is -0.671. The summed E-state index contributed by atoms with van der Waals surface area (Å²) in [5.41, 5.74) is 0.747. The Bertz CT molecular complexity index is 444. The molecule has 1 rings (SSSR count). The first-order chi connectivity index (χ1) is 10.2. The van der Waals surface area contributed by atoms with Gasteiger partial charge in [0.1, 0.15) is 18.1 Å². The molecule has 0 unspecified atom stereocenters. The van der Waals surface area contributed by atoms with Crippen LogP contribution in [0, 0.1) is 5.92 Å². The molecule has 0 aliphatic heterocycles. The number of hydrogen-bond donors (Lipinski definition) is 1. The van der Waals surface area contributed by atoms with Crippen molar-refractivity contribution in [3.05, 3.63) is 24.3 Å². The summed E-state index contributed by atoms with van der Waals surface area (Å²) in [6.45, 7) is 4.02. The van der Waals surface area contributed by atoms with Gasteiger partial charge in [0.2, 0.25) is 0 Å². The van der Waals surface area contributed by atoms with Crippen LogP contribution in [-0.2, 0) is 14.3 Å². The molecule has 0 saturated heterocycles. The fourth-order valence-electron chi connectivity index (χ4n) is 2.09. The van der Waals surface area contributed by atoms with Crippen molar-refractivity contribution in [2.24, 2.45) is 5.92 Å².